The molecule has 27 heavy (non-hydrogen) atoms. The molecule has 3 aromatic rings. The molecule has 0 aliphatic rings. The predicted octanol–water partition coefficient (Wildman–Crippen LogP) is 5.62. The fourth-order valence-corrected chi connectivity index (χ4v) is 4.86. The number of rotatable bonds is 6. The zero-order valence-corrected chi connectivity index (χ0v) is 19.0. The van der Waals surface area contributed by atoms with Gasteiger partial charge in [0.2, 0.25) is 0 Å². The van der Waals surface area contributed by atoms with Crippen LogP contribution in [0.25, 0.3) is 10.2 Å². The van der Waals surface area contributed by atoms with Crippen molar-refractivity contribution in [2.24, 2.45) is 4.99 Å². The Kier molecular flexibility index (Phi) is 6.95. The number of benzene rings is 2. The minimum Gasteiger partial charge on any atom is -0.316 e. The molecule has 3 nitrogen and oxygen atoms in total. The predicted molar refractivity (Wildman–Crippen MR) is 121 cm³/mol. The van der Waals surface area contributed by atoms with Gasteiger partial charge in [-0.25, -0.2) is 0 Å². The zero-order chi connectivity index (χ0) is 19.4. The Morgan fingerprint density at radius 2 is 1.96 bits per heavy atom. The first-order valence-corrected chi connectivity index (χ1v) is 11.9. The Balaban J connectivity index is 1.90. The first-order valence-electron chi connectivity index (χ1n) is 8.92. The molecule has 0 unspecified atom stereocenters. The average molecular weight is 463 g/mol. The summed E-state index contributed by atoms with van der Waals surface area (Å²) >= 11 is 6.89. The number of thiazole rings is 1. The van der Waals surface area contributed by atoms with Gasteiger partial charge in [0.15, 0.2) is 4.80 Å². The molecule has 0 bridgehead atoms. The summed E-state index contributed by atoms with van der Waals surface area (Å²) in [7, 11) is 0. The second kappa shape index (κ2) is 9.22. The van der Waals surface area contributed by atoms with Gasteiger partial charge in [0.1, 0.15) is 0 Å². The normalized spacial score (nSPS) is 12.3. The third-order valence-corrected chi connectivity index (χ3v) is 6.51. The number of aryl methyl sites for hydroxylation is 1. The van der Waals surface area contributed by atoms with E-state index < -0.39 is 0 Å². The Morgan fingerprint density at radius 1 is 1.22 bits per heavy atom. The molecule has 3 rings (SSSR count). The van der Waals surface area contributed by atoms with E-state index in [1.54, 1.807) is 23.1 Å². The molecule has 0 saturated heterocycles. The van der Waals surface area contributed by atoms with Crippen LogP contribution in [-0.4, -0.2) is 22.5 Å². The molecular formula is C21H23BrN2OS2. The number of halogens is 1. The topological polar surface area (TPSA) is 34.4 Å². The van der Waals surface area contributed by atoms with Crippen molar-refractivity contribution in [2.75, 3.05) is 12.0 Å². The number of thioether (sulfide) groups is 1. The van der Waals surface area contributed by atoms with E-state index in [-0.39, 0.29) is 5.91 Å². The largest absolute Gasteiger partial charge is 0.316 e. The van der Waals surface area contributed by atoms with Gasteiger partial charge in [-0.2, -0.15) is 16.8 Å². The van der Waals surface area contributed by atoms with Gasteiger partial charge in [-0.05, 0) is 41.5 Å². The summed E-state index contributed by atoms with van der Waals surface area (Å²) in [6.07, 6.45) is 2.42. The first-order chi connectivity index (χ1) is 13.0. The van der Waals surface area contributed by atoms with Crippen LogP contribution in [0.4, 0.5) is 0 Å². The quantitative estimate of drug-likeness (QED) is 0.476. The van der Waals surface area contributed by atoms with Crippen molar-refractivity contribution >= 4 is 55.2 Å². The summed E-state index contributed by atoms with van der Waals surface area (Å²) in [4.78, 5) is 17.8. The number of aromatic nitrogens is 1. The van der Waals surface area contributed by atoms with Gasteiger partial charge >= 0.3 is 0 Å². The van der Waals surface area contributed by atoms with Crippen molar-refractivity contribution in [1.29, 1.82) is 0 Å². The number of nitrogens with zero attached hydrogens (tertiary/aromatic N) is 2. The molecule has 0 aliphatic carbocycles. The first kappa shape index (κ1) is 20.4. The Labute approximate surface area is 176 Å². The summed E-state index contributed by atoms with van der Waals surface area (Å²) in [5, 5.41) is 0. The molecule has 1 heterocycles. The summed E-state index contributed by atoms with van der Waals surface area (Å²) in [5.41, 5.74) is 3.42. The van der Waals surface area contributed by atoms with E-state index in [4.69, 9.17) is 0 Å². The van der Waals surface area contributed by atoms with Gasteiger partial charge in [0.05, 0.1) is 16.6 Å². The van der Waals surface area contributed by atoms with Crippen LogP contribution in [0, 0.1) is 0 Å². The van der Waals surface area contributed by atoms with Crippen LogP contribution in [0.15, 0.2) is 51.9 Å². The third-order valence-electron chi connectivity index (χ3n) is 4.39. The molecule has 0 N–H and O–H groups in total. The molecular weight excluding hydrogens is 440 g/mol. The maximum Gasteiger partial charge on any atom is 0.252 e. The molecule has 0 aliphatic heterocycles. The van der Waals surface area contributed by atoms with Crippen LogP contribution in [0.3, 0.4) is 0 Å². The fraction of sp³-hybridized carbons (Fsp3) is 0.333. The Morgan fingerprint density at radius 3 is 2.63 bits per heavy atom. The van der Waals surface area contributed by atoms with E-state index in [2.05, 4.69) is 69.9 Å². The fourth-order valence-electron chi connectivity index (χ4n) is 2.87. The van der Waals surface area contributed by atoms with E-state index in [1.807, 2.05) is 18.2 Å². The van der Waals surface area contributed by atoms with Gasteiger partial charge in [0, 0.05) is 16.8 Å². The van der Waals surface area contributed by atoms with Crippen molar-refractivity contribution in [1.82, 2.24) is 4.57 Å². The Hall–Kier alpha value is -1.37. The van der Waals surface area contributed by atoms with Crippen molar-refractivity contribution < 1.29 is 4.79 Å². The molecule has 6 heteroatoms. The molecule has 1 aromatic heterocycles. The number of carbonyl (C=O) groups excluding carboxylic acids is 1. The van der Waals surface area contributed by atoms with Crippen molar-refractivity contribution in [2.45, 2.75) is 32.7 Å². The molecule has 142 valence electrons. The summed E-state index contributed by atoms with van der Waals surface area (Å²) in [6, 6.07) is 14.5. The molecule has 0 atom stereocenters. The highest BCUT2D eigenvalue weighted by molar-refractivity contribution is 9.10. The molecule has 0 fully saturated rings. The average Bonchev–Trinajstić information content (AvgIpc) is 2.96. The lowest BCUT2D eigenvalue weighted by Gasteiger charge is -2.06. The zero-order valence-electron chi connectivity index (χ0n) is 15.7. The molecule has 0 spiro atoms. The van der Waals surface area contributed by atoms with Gasteiger partial charge in [-0.1, -0.05) is 65.4 Å². The monoisotopic (exact) mass is 462 g/mol. The lowest BCUT2D eigenvalue weighted by molar-refractivity contribution is -0.117. The van der Waals surface area contributed by atoms with E-state index in [0.717, 1.165) is 37.4 Å². The van der Waals surface area contributed by atoms with Crippen LogP contribution < -0.4 is 4.80 Å². The van der Waals surface area contributed by atoms with E-state index in [9.17, 15) is 4.79 Å². The lowest BCUT2D eigenvalue weighted by atomic mass is 10.0. The smallest absolute Gasteiger partial charge is 0.252 e. The third kappa shape index (κ3) is 5.12. The Bertz CT molecular complexity index is 1000. The number of carbonyl (C=O) groups is 1. The maximum absolute atomic E-state index is 12.6. The van der Waals surface area contributed by atoms with Gasteiger partial charge in [-0.15, -0.1) is 0 Å². The molecule has 2 aromatic carbocycles. The van der Waals surface area contributed by atoms with Crippen LogP contribution in [-0.2, 0) is 17.8 Å². The number of amides is 1. The highest BCUT2D eigenvalue weighted by Gasteiger charge is 2.09. The van der Waals surface area contributed by atoms with Gasteiger partial charge in [0.25, 0.3) is 5.91 Å². The van der Waals surface area contributed by atoms with Gasteiger partial charge < -0.3 is 4.57 Å². The minimum absolute atomic E-state index is 0.101. The standard InChI is InChI=1S/C21H23BrN2OS2/c1-14(2)16-6-4-15(5-7-16)12-20(25)23-21-24(10-11-26-3)18-9-8-17(22)13-19(18)27-21/h4-9,13-14H,10-12H2,1-3H3. The second-order valence-electron chi connectivity index (χ2n) is 6.72. The van der Waals surface area contributed by atoms with Crippen molar-refractivity contribution in [3.63, 3.8) is 0 Å². The van der Waals surface area contributed by atoms with Crippen LogP contribution in [0.5, 0.6) is 0 Å². The SMILES string of the molecule is CSCCn1c(=NC(=O)Cc2ccc(C(C)C)cc2)sc2cc(Br)ccc21. The summed E-state index contributed by atoms with van der Waals surface area (Å²) < 4.78 is 4.33. The molecule has 0 saturated carbocycles. The molecule has 1 amide bonds. The highest BCUT2D eigenvalue weighted by atomic mass is 79.9. The van der Waals surface area contributed by atoms with E-state index in [1.165, 1.54) is 5.56 Å². The number of fused-ring (bicyclic) bond motifs is 1. The van der Waals surface area contributed by atoms with E-state index >= 15 is 0 Å². The maximum atomic E-state index is 12.6. The summed E-state index contributed by atoms with van der Waals surface area (Å²) in [5.74, 6) is 1.38. The van der Waals surface area contributed by atoms with E-state index in [0.29, 0.717) is 12.3 Å². The van der Waals surface area contributed by atoms with Crippen molar-refractivity contribution in [3.8, 4) is 0 Å². The van der Waals surface area contributed by atoms with Gasteiger partial charge in [-0.3, -0.25) is 4.79 Å². The number of hydrogen-bond donors (Lipinski definition) is 0. The minimum atomic E-state index is -0.101. The molecule has 0 radical (unpaired) electrons. The van der Waals surface area contributed by atoms with Crippen LogP contribution in [0.1, 0.15) is 30.9 Å². The van der Waals surface area contributed by atoms with Crippen LogP contribution >= 0.6 is 39.0 Å². The lowest BCUT2D eigenvalue weighted by Crippen LogP contribution is -2.18. The second-order valence-corrected chi connectivity index (χ2v) is 9.63. The van der Waals surface area contributed by atoms with Crippen molar-refractivity contribution in [3.05, 3.63) is 62.9 Å². The highest BCUT2D eigenvalue weighted by Crippen LogP contribution is 2.22. The number of hydrogen-bond acceptors (Lipinski definition) is 3. The van der Waals surface area contributed by atoms with Crippen LogP contribution in [0.2, 0.25) is 0 Å². The summed E-state index contributed by atoms with van der Waals surface area (Å²) in [6.45, 7) is 5.18.